The second-order valence-electron chi connectivity index (χ2n) is 6.90. The fourth-order valence-electron chi connectivity index (χ4n) is 2.95. The van der Waals surface area contributed by atoms with E-state index in [-0.39, 0.29) is 0 Å². The van der Waals surface area contributed by atoms with Crippen molar-refractivity contribution in [3.8, 4) is 0 Å². The molecule has 1 heterocycles. The van der Waals surface area contributed by atoms with Crippen molar-refractivity contribution < 1.29 is 8.42 Å². The maximum absolute atomic E-state index is 13.0. The fourth-order valence-corrected chi connectivity index (χ4v) is 4.45. The predicted octanol–water partition coefficient (Wildman–Crippen LogP) is 4.15. The Morgan fingerprint density at radius 3 is 2.55 bits per heavy atom. The summed E-state index contributed by atoms with van der Waals surface area (Å²) in [6, 6.07) is 14.6. The van der Waals surface area contributed by atoms with E-state index < -0.39 is 10.0 Å². The van der Waals surface area contributed by atoms with Crippen molar-refractivity contribution in [2.24, 2.45) is 0 Å². The molecule has 29 heavy (non-hydrogen) atoms. The van der Waals surface area contributed by atoms with Crippen LogP contribution in [0.2, 0.25) is 5.02 Å². The van der Waals surface area contributed by atoms with Gasteiger partial charge in [0.1, 0.15) is 0 Å². The van der Waals surface area contributed by atoms with E-state index >= 15 is 0 Å². The topological polar surface area (TPSA) is 53.5 Å². The second-order valence-corrected chi connectivity index (χ2v) is 9.35. The minimum absolute atomic E-state index is 0.310. The van der Waals surface area contributed by atoms with Crippen molar-refractivity contribution in [3.05, 3.63) is 77.6 Å². The Kier molecular flexibility index (Phi) is 7.03. The molecular formula is C22H24ClN3O2S. The van der Waals surface area contributed by atoms with Crippen LogP contribution in [0.1, 0.15) is 5.56 Å². The molecule has 0 radical (unpaired) electrons. The van der Waals surface area contributed by atoms with E-state index in [1.165, 1.54) is 4.31 Å². The Bertz CT molecular complexity index is 1090. The minimum Gasteiger partial charge on any atom is -0.301 e. The first-order valence-electron chi connectivity index (χ1n) is 9.27. The zero-order chi connectivity index (χ0) is 20.9. The molecular weight excluding hydrogens is 406 g/mol. The van der Waals surface area contributed by atoms with Crippen LogP contribution < -0.4 is 0 Å². The van der Waals surface area contributed by atoms with Crippen molar-refractivity contribution in [3.63, 3.8) is 0 Å². The highest BCUT2D eigenvalue weighted by atomic mass is 35.5. The van der Waals surface area contributed by atoms with Gasteiger partial charge in [-0.2, -0.15) is 4.31 Å². The maximum Gasteiger partial charge on any atom is 0.243 e. The van der Waals surface area contributed by atoms with E-state index in [0.29, 0.717) is 28.4 Å². The Balaban J connectivity index is 1.60. The average Bonchev–Trinajstić information content (AvgIpc) is 2.73. The number of rotatable bonds is 8. The Hall–Kier alpha value is -2.25. The third-order valence-electron chi connectivity index (χ3n) is 4.72. The van der Waals surface area contributed by atoms with Crippen LogP contribution in [0.4, 0.5) is 0 Å². The lowest BCUT2D eigenvalue weighted by atomic mass is 10.2. The SMILES string of the molecule is CN(CC=Cc1ccc(Cl)cc1)CCN(C)S(=O)(=O)c1cccc2cnccc12. The summed E-state index contributed by atoms with van der Waals surface area (Å²) in [6.07, 6.45) is 7.37. The van der Waals surface area contributed by atoms with Gasteiger partial charge in [-0.25, -0.2) is 8.42 Å². The molecule has 152 valence electrons. The standard InChI is InChI=1S/C22H24ClN3O2S/c1-25(14-4-5-18-8-10-20(23)11-9-18)15-16-26(2)29(27,28)22-7-3-6-19-17-24-13-12-21(19)22/h3-13,17H,14-16H2,1-2H3. The average molecular weight is 430 g/mol. The summed E-state index contributed by atoms with van der Waals surface area (Å²) in [5, 5.41) is 2.21. The molecule has 0 saturated heterocycles. The number of hydrogen-bond acceptors (Lipinski definition) is 4. The second kappa shape index (κ2) is 9.50. The minimum atomic E-state index is -3.58. The summed E-state index contributed by atoms with van der Waals surface area (Å²) < 4.78 is 27.5. The molecule has 0 saturated carbocycles. The van der Waals surface area contributed by atoms with Crippen molar-refractivity contribution in [1.29, 1.82) is 0 Å². The molecule has 0 N–H and O–H groups in total. The van der Waals surface area contributed by atoms with E-state index in [1.54, 1.807) is 37.6 Å². The molecule has 0 unspecified atom stereocenters. The highest BCUT2D eigenvalue weighted by Gasteiger charge is 2.22. The predicted molar refractivity (Wildman–Crippen MR) is 120 cm³/mol. The van der Waals surface area contributed by atoms with Gasteiger partial charge in [-0.3, -0.25) is 4.98 Å². The number of nitrogens with zero attached hydrogens (tertiary/aromatic N) is 3. The van der Waals surface area contributed by atoms with E-state index in [0.717, 1.165) is 17.5 Å². The highest BCUT2D eigenvalue weighted by Crippen LogP contribution is 2.24. The summed E-state index contributed by atoms with van der Waals surface area (Å²) in [5.74, 6) is 0. The van der Waals surface area contributed by atoms with Crippen molar-refractivity contribution in [2.45, 2.75) is 4.90 Å². The van der Waals surface area contributed by atoms with Crippen LogP contribution in [0.5, 0.6) is 0 Å². The lowest BCUT2D eigenvalue weighted by Crippen LogP contribution is -2.35. The van der Waals surface area contributed by atoms with Crippen LogP contribution >= 0.6 is 11.6 Å². The summed E-state index contributed by atoms with van der Waals surface area (Å²) >= 11 is 5.89. The fraction of sp³-hybridized carbons (Fsp3) is 0.227. The number of sulfonamides is 1. The molecule has 0 spiro atoms. The largest absolute Gasteiger partial charge is 0.301 e. The first-order chi connectivity index (χ1) is 13.9. The van der Waals surface area contributed by atoms with Crippen molar-refractivity contribution in [2.75, 3.05) is 33.7 Å². The van der Waals surface area contributed by atoms with Crippen LogP contribution in [0.3, 0.4) is 0 Å². The van der Waals surface area contributed by atoms with E-state index in [4.69, 9.17) is 11.6 Å². The Morgan fingerprint density at radius 1 is 1.03 bits per heavy atom. The van der Waals surface area contributed by atoms with Crippen molar-refractivity contribution >= 4 is 38.5 Å². The zero-order valence-electron chi connectivity index (χ0n) is 16.5. The molecule has 7 heteroatoms. The number of halogens is 1. The van der Waals surface area contributed by atoms with E-state index in [1.807, 2.05) is 43.5 Å². The van der Waals surface area contributed by atoms with Gasteiger partial charge in [0.25, 0.3) is 0 Å². The molecule has 2 aromatic carbocycles. The molecule has 3 aromatic rings. The third-order valence-corrected chi connectivity index (χ3v) is 6.89. The van der Waals surface area contributed by atoms with Gasteiger partial charge in [0, 0.05) is 54.9 Å². The summed E-state index contributed by atoms with van der Waals surface area (Å²) in [5.41, 5.74) is 1.08. The Morgan fingerprint density at radius 2 is 1.79 bits per heavy atom. The lowest BCUT2D eigenvalue weighted by molar-refractivity contribution is 0.333. The van der Waals surface area contributed by atoms with Gasteiger partial charge in [0.2, 0.25) is 10.0 Å². The van der Waals surface area contributed by atoms with Gasteiger partial charge in [-0.15, -0.1) is 0 Å². The van der Waals surface area contributed by atoms with Crippen LogP contribution in [-0.2, 0) is 10.0 Å². The van der Waals surface area contributed by atoms with Crippen molar-refractivity contribution in [1.82, 2.24) is 14.2 Å². The van der Waals surface area contributed by atoms with E-state index in [2.05, 4.69) is 16.0 Å². The number of aromatic nitrogens is 1. The zero-order valence-corrected chi connectivity index (χ0v) is 18.1. The number of benzene rings is 2. The monoisotopic (exact) mass is 429 g/mol. The van der Waals surface area contributed by atoms with Gasteiger partial charge < -0.3 is 4.90 Å². The van der Waals surface area contributed by atoms with Crippen LogP contribution in [0.15, 0.2) is 71.9 Å². The smallest absolute Gasteiger partial charge is 0.243 e. The molecule has 0 fully saturated rings. The first kappa shape index (κ1) is 21.5. The quantitative estimate of drug-likeness (QED) is 0.539. The molecule has 0 aliphatic carbocycles. The summed E-state index contributed by atoms with van der Waals surface area (Å²) in [4.78, 5) is 6.45. The number of hydrogen-bond donors (Lipinski definition) is 0. The molecule has 0 amide bonds. The molecule has 0 aliphatic rings. The van der Waals surface area contributed by atoms with Gasteiger partial charge in [0.15, 0.2) is 0 Å². The molecule has 5 nitrogen and oxygen atoms in total. The van der Waals surface area contributed by atoms with Crippen LogP contribution in [-0.4, -0.2) is 56.3 Å². The molecule has 1 aromatic heterocycles. The normalized spacial score (nSPS) is 12.4. The maximum atomic E-state index is 13.0. The van der Waals surface area contributed by atoms with Gasteiger partial charge in [0.05, 0.1) is 4.90 Å². The number of fused-ring (bicyclic) bond motifs is 1. The highest BCUT2D eigenvalue weighted by molar-refractivity contribution is 7.89. The van der Waals surface area contributed by atoms with Gasteiger partial charge in [-0.1, -0.05) is 48.0 Å². The first-order valence-corrected chi connectivity index (χ1v) is 11.1. The summed E-state index contributed by atoms with van der Waals surface area (Å²) in [6.45, 7) is 1.73. The van der Waals surface area contributed by atoms with E-state index in [9.17, 15) is 8.42 Å². The molecule has 0 atom stereocenters. The number of pyridine rings is 1. The molecule has 3 rings (SSSR count). The van der Waals surface area contributed by atoms with Crippen LogP contribution in [0, 0.1) is 0 Å². The summed E-state index contributed by atoms with van der Waals surface area (Å²) in [7, 11) is 0.00585. The molecule has 0 aliphatic heterocycles. The van der Waals surface area contributed by atoms with Gasteiger partial charge in [-0.05, 0) is 36.9 Å². The third kappa shape index (κ3) is 5.42. The Labute approximate surface area is 177 Å². The van der Waals surface area contributed by atoms with Crippen LogP contribution in [0.25, 0.3) is 16.8 Å². The lowest BCUT2D eigenvalue weighted by Gasteiger charge is -2.21. The van der Waals surface area contributed by atoms with Gasteiger partial charge >= 0.3 is 0 Å². The number of likely N-dealkylation sites (N-methyl/N-ethyl adjacent to an activating group) is 2. The molecule has 0 bridgehead atoms.